The topological polar surface area (TPSA) is 90.9 Å². The van der Waals surface area contributed by atoms with Crippen molar-refractivity contribution in [2.24, 2.45) is 0 Å². The first-order valence-electron chi connectivity index (χ1n) is 8.28. The van der Waals surface area contributed by atoms with E-state index in [1.807, 2.05) is 0 Å². The third-order valence-corrected chi connectivity index (χ3v) is 4.56. The third-order valence-electron chi connectivity index (χ3n) is 4.15. The van der Waals surface area contributed by atoms with Gasteiger partial charge in [0.1, 0.15) is 6.04 Å². The second-order valence-electron chi connectivity index (χ2n) is 5.96. The molecule has 1 aliphatic heterocycles. The van der Waals surface area contributed by atoms with Gasteiger partial charge in [-0.2, -0.15) is 0 Å². The minimum absolute atomic E-state index is 0.148. The fourth-order valence-corrected chi connectivity index (χ4v) is 2.77. The van der Waals surface area contributed by atoms with Crippen LogP contribution in [0.1, 0.15) is 12.0 Å². The van der Waals surface area contributed by atoms with Crippen molar-refractivity contribution in [1.29, 1.82) is 0 Å². The minimum atomic E-state index is -1.04. The van der Waals surface area contributed by atoms with Gasteiger partial charge in [-0.3, -0.25) is 14.5 Å². The second kappa shape index (κ2) is 9.72. The number of nitrogens with one attached hydrogen (secondary N) is 2. The summed E-state index contributed by atoms with van der Waals surface area (Å²) in [5, 5.41) is 15.5. The molecule has 1 aromatic rings. The lowest BCUT2D eigenvalue weighted by atomic mass is 10.1. The smallest absolute Gasteiger partial charge is 0.321 e. The maximum Gasteiger partial charge on any atom is 0.321 e. The summed E-state index contributed by atoms with van der Waals surface area (Å²) >= 11 is 6.02. The van der Waals surface area contributed by atoms with Crippen LogP contribution in [0.15, 0.2) is 18.2 Å². The molecule has 1 amide bonds. The van der Waals surface area contributed by atoms with Crippen LogP contribution in [0.4, 0.5) is 5.69 Å². The molecule has 0 bridgehead atoms. The summed E-state index contributed by atoms with van der Waals surface area (Å²) in [5.74, 6) is -1.41. The standard InChI is InChI=1S/C17H24ClN3O4/c1-12-13(18)3-2-4-14(12)20-16(22)11-15(17(23)24)19-5-6-21-7-9-25-10-8-21/h2-4,15,19H,5-11H2,1H3,(H,20,22)(H,23,24)/t15-/m0/s1. The Bertz CT molecular complexity index is 606. The minimum Gasteiger partial charge on any atom is -0.480 e. The number of carbonyl (C=O) groups is 2. The lowest BCUT2D eigenvalue weighted by molar-refractivity contribution is -0.141. The zero-order valence-electron chi connectivity index (χ0n) is 14.3. The number of amides is 1. The van der Waals surface area contributed by atoms with Gasteiger partial charge < -0.3 is 20.5 Å². The second-order valence-corrected chi connectivity index (χ2v) is 6.37. The largest absolute Gasteiger partial charge is 0.480 e. The number of carboxylic acid groups (broad SMARTS) is 1. The number of carboxylic acids is 1. The number of morpholine rings is 1. The highest BCUT2D eigenvalue weighted by Crippen LogP contribution is 2.23. The molecule has 25 heavy (non-hydrogen) atoms. The number of halogens is 1. The average molecular weight is 370 g/mol. The van der Waals surface area contributed by atoms with Crippen molar-refractivity contribution in [2.75, 3.05) is 44.7 Å². The number of aliphatic carboxylic acids is 1. The lowest BCUT2D eigenvalue weighted by Gasteiger charge is -2.27. The SMILES string of the molecule is Cc1c(Cl)cccc1NC(=O)C[C@H](NCCN1CCOCC1)C(=O)O. The number of hydrogen-bond acceptors (Lipinski definition) is 5. The Hall–Kier alpha value is -1.67. The van der Waals surface area contributed by atoms with Crippen molar-refractivity contribution in [3.63, 3.8) is 0 Å². The number of benzene rings is 1. The van der Waals surface area contributed by atoms with Gasteiger partial charge in [0.15, 0.2) is 0 Å². The maximum atomic E-state index is 12.2. The third kappa shape index (κ3) is 6.28. The van der Waals surface area contributed by atoms with Crippen LogP contribution in [0.25, 0.3) is 0 Å². The quantitative estimate of drug-likeness (QED) is 0.641. The van der Waals surface area contributed by atoms with E-state index < -0.39 is 12.0 Å². The Labute approximate surface area is 152 Å². The molecule has 0 saturated carbocycles. The number of rotatable bonds is 8. The molecular formula is C17H24ClN3O4. The molecule has 0 unspecified atom stereocenters. The first-order chi connectivity index (χ1) is 12.0. The average Bonchev–Trinajstić information content (AvgIpc) is 2.59. The van der Waals surface area contributed by atoms with Crippen LogP contribution in [-0.2, 0) is 14.3 Å². The molecule has 3 N–H and O–H groups in total. The highest BCUT2D eigenvalue weighted by atomic mass is 35.5. The van der Waals surface area contributed by atoms with Crippen LogP contribution in [0.3, 0.4) is 0 Å². The molecular weight excluding hydrogens is 346 g/mol. The van der Waals surface area contributed by atoms with E-state index in [4.69, 9.17) is 16.3 Å². The van der Waals surface area contributed by atoms with E-state index >= 15 is 0 Å². The van der Waals surface area contributed by atoms with Gasteiger partial charge in [-0.25, -0.2) is 0 Å². The Morgan fingerprint density at radius 1 is 1.36 bits per heavy atom. The molecule has 0 spiro atoms. The molecule has 138 valence electrons. The van der Waals surface area contributed by atoms with Crippen LogP contribution in [0, 0.1) is 6.92 Å². The van der Waals surface area contributed by atoms with Crippen LogP contribution in [-0.4, -0.2) is 67.3 Å². The normalized spacial score (nSPS) is 16.4. The first kappa shape index (κ1) is 19.7. The predicted octanol–water partition coefficient (Wildman–Crippen LogP) is 1.35. The van der Waals surface area contributed by atoms with Crippen molar-refractivity contribution in [3.05, 3.63) is 28.8 Å². The molecule has 1 aliphatic rings. The number of hydrogen-bond donors (Lipinski definition) is 3. The molecule has 0 aliphatic carbocycles. The van der Waals surface area contributed by atoms with Crippen LogP contribution in [0.5, 0.6) is 0 Å². The molecule has 1 heterocycles. The first-order valence-corrected chi connectivity index (χ1v) is 8.66. The Morgan fingerprint density at radius 2 is 2.08 bits per heavy atom. The van der Waals surface area contributed by atoms with Crippen molar-refractivity contribution in [1.82, 2.24) is 10.2 Å². The summed E-state index contributed by atoms with van der Waals surface area (Å²) in [5.41, 5.74) is 1.35. The predicted molar refractivity (Wildman–Crippen MR) is 96.1 cm³/mol. The molecule has 0 aromatic heterocycles. The van der Waals surface area contributed by atoms with Gasteiger partial charge in [0, 0.05) is 36.9 Å². The van der Waals surface area contributed by atoms with Crippen molar-refractivity contribution in [3.8, 4) is 0 Å². The van der Waals surface area contributed by atoms with Crippen LogP contribution in [0.2, 0.25) is 5.02 Å². The molecule has 1 saturated heterocycles. The van der Waals surface area contributed by atoms with Crippen molar-refractivity contribution >= 4 is 29.2 Å². The number of anilines is 1. The molecule has 1 fully saturated rings. The summed E-state index contributed by atoms with van der Waals surface area (Å²) in [6, 6.07) is 4.28. The Morgan fingerprint density at radius 3 is 2.76 bits per heavy atom. The van der Waals surface area contributed by atoms with Gasteiger partial charge >= 0.3 is 5.97 Å². The van der Waals surface area contributed by atoms with Crippen LogP contribution < -0.4 is 10.6 Å². The maximum absolute atomic E-state index is 12.2. The molecule has 7 nitrogen and oxygen atoms in total. The number of carbonyl (C=O) groups excluding carboxylic acids is 1. The summed E-state index contributed by atoms with van der Waals surface area (Å²) in [4.78, 5) is 25.8. The van der Waals surface area contributed by atoms with E-state index in [0.29, 0.717) is 30.5 Å². The van der Waals surface area contributed by atoms with E-state index in [1.165, 1.54) is 0 Å². The summed E-state index contributed by atoms with van der Waals surface area (Å²) < 4.78 is 5.27. The summed E-state index contributed by atoms with van der Waals surface area (Å²) in [6.45, 7) is 6.10. The van der Waals surface area contributed by atoms with Crippen molar-refractivity contribution in [2.45, 2.75) is 19.4 Å². The lowest BCUT2D eigenvalue weighted by Crippen LogP contribution is -2.45. The number of ether oxygens (including phenoxy) is 1. The molecule has 8 heteroatoms. The molecule has 2 rings (SSSR count). The fraction of sp³-hybridized carbons (Fsp3) is 0.529. The van der Waals surface area contributed by atoms with E-state index in [0.717, 1.165) is 25.2 Å². The fourth-order valence-electron chi connectivity index (χ4n) is 2.60. The van der Waals surface area contributed by atoms with Gasteiger partial charge in [-0.1, -0.05) is 17.7 Å². The van der Waals surface area contributed by atoms with Gasteiger partial charge in [0.05, 0.1) is 19.6 Å². The zero-order valence-corrected chi connectivity index (χ0v) is 15.0. The van der Waals surface area contributed by atoms with Gasteiger partial charge in [0.2, 0.25) is 5.91 Å². The monoisotopic (exact) mass is 369 g/mol. The van der Waals surface area contributed by atoms with E-state index in [-0.39, 0.29) is 12.3 Å². The van der Waals surface area contributed by atoms with Gasteiger partial charge in [0.25, 0.3) is 0 Å². The highest BCUT2D eigenvalue weighted by Gasteiger charge is 2.21. The van der Waals surface area contributed by atoms with Gasteiger partial charge in [-0.05, 0) is 24.6 Å². The van der Waals surface area contributed by atoms with Crippen molar-refractivity contribution < 1.29 is 19.4 Å². The summed E-state index contributed by atoms with van der Waals surface area (Å²) in [7, 11) is 0. The van der Waals surface area contributed by atoms with Gasteiger partial charge in [-0.15, -0.1) is 0 Å². The molecule has 0 radical (unpaired) electrons. The Balaban J connectivity index is 1.82. The van der Waals surface area contributed by atoms with Crippen LogP contribution >= 0.6 is 11.6 Å². The molecule has 1 atom stereocenters. The summed E-state index contributed by atoms with van der Waals surface area (Å²) in [6.07, 6.45) is -0.148. The van der Waals surface area contributed by atoms with E-state index in [2.05, 4.69) is 15.5 Å². The highest BCUT2D eigenvalue weighted by molar-refractivity contribution is 6.31. The zero-order chi connectivity index (χ0) is 18.2. The van der Waals surface area contributed by atoms with E-state index in [1.54, 1.807) is 25.1 Å². The molecule has 1 aromatic carbocycles. The van der Waals surface area contributed by atoms with E-state index in [9.17, 15) is 14.7 Å². The number of nitrogens with zero attached hydrogens (tertiary/aromatic N) is 1. The Kier molecular flexibility index (Phi) is 7.64.